The summed E-state index contributed by atoms with van der Waals surface area (Å²) in [7, 11) is 0. The molecule has 0 aliphatic rings. The van der Waals surface area contributed by atoms with E-state index in [4.69, 9.17) is 9.63 Å². The Morgan fingerprint density at radius 2 is 2.18 bits per heavy atom. The van der Waals surface area contributed by atoms with Crippen LogP contribution in [0.2, 0.25) is 0 Å². The summed E-state index contributed by atoms with van der Waals surface area (Å²) in [4.78, 5) is 0. The van der Waals surface area contributed by atoms with Crippen molar-refractivity contribution in [2.75, 3.05) is 0 Å². The first kappa shape index (κ1) is 11.5. The van der Waals surface area contributed by atoms with Gasteiger partial charge in [-0.25, -0.2) is 0 Å². The lowest BCUT2D eigenvalue weighted by Gasteiger charge is -2.04. The Kier molecular flexibility index (Phi) is 3.34. The second-order valence-corrected chi connectivity index (χ2v) is 3.25. The van der Waals surface area contributed by atoms with E-state index < -0.39 is 6.61 Å². The Bertz CT molecular complexity index is 499. The summed E-state index contributed by atoms with van der Waals surface area (Å²) in [6.45, 7) is -3.11. The number of halogens is 2. The number of nitrogens with zero attached hydrogens (tertiary/aromatic N) is 1. The Balaban J connectivity index is 2.26. The molecule has 4 nitrogen and oxygen atoms in total. The predicted octanol–water partition coefficient (Wildman–Crippen LogP) is 2.44. The van der Waals surface area contributed by atoms with Gasteiger partial charge in [0.25, 0.3) is 0 Å². The summed E-state index contributed by atoms with van der Waals surface area (Å²) < 4.78 is 33.3. The van der Waals surface area contributed by atoms with Gasteiger partial charge in [0, 0.05) is 11.6 Å². The van der Waals surface area contributed by atoms with Crippen molar-refractivity contribution in [3.8, 4) is 17.1 Å². The molecule has 0 spiro atoms. The highest BCUT2D eigenvalue weighted by molar-refractivity contribution is 5.59. The average Bonchev–Trinajstić information content (AvgIpc) is 2.77. The van der Waals surface area contributed by atoms with Crippen LogP contribution in [-0.2, 0) is 6.61 Å². The van der Waals surface area contributed by atoms with Gasteiger partial charge in [-0.2, -0.15) is 8.78 Å². The van der Waals surface area contributed by atoms with Crippen molar-refractivity contribution in [2.45, 2.75) is 13.2 Å². The average molecular weight is 241 g/mol. The van der Waals surface area contributed by atoms with Crippen LogP contribution in [0.25, 0.3) is 11.3 Å². The molecule has 1 N–H and O–H groups in total. The standard InChI is InChI=1S/C11H9F2NO3/c12-11(13)16-9-3-1-2-7(4-9)10-5-8(6-15)14-17-10/h1-5,11,15H,6H2. The molecule has 0 atom stereocenters. The van der Waals surface area contributed by atoms with Gasteiger partial charge in [0.1, 0.15) is 11.4 Å². The monoisotopic (exact) mass is 241 g/mol. The van der Waals surface area contributed by atoms with Gasteiger partial charge in [-0.05, 0) is 12.1 Å². The molecule has 0 unspecified atom stereocenters. The fourth-order valence-corrected chi connectivity index (χ4v) is 1.35. The molecule has 0 aliphatic heterocycles. The molecule has 6 heteroatoms. The van der Waals surface area contributed by atoms with Crippen molar-refractivity contribution >= 4 is 0 Å². The number of aromatic nitrogens is 1. The van der Waals surface area contributed by atoms with E-state index in [2.05, 4.69) is 9.89 Å². The highest BCUT2D eigenvalue weighted by Gasteiger charge is 2.09. The summed E-state index contributed by atoms with van der Waals surface area (Å²) in [5, 5.41) is 12.4. The van der Waals surface area contributed by atoms with E-state index in [-0.39, 0.29) is 12.4 Å². The number of alkyl halides is 2. The normalized spacial score (nSPS) is 10.8. The first-order valence-corrected chi connectivity index (χ1v) is 4.81. The van der Waals surface area contributed by atoms with Crippen molar-refractivity contribution < 1.29 is 23.1 Å². The van der Waals surface area contributed by atoms with Gasteiger partial charge in [-0.1, -0.05) is 17.3 Å². The van der Waals surface area contributed by atoms with Crippen molar-refractivity contribution in [2.24, 2.45) is 0 Å². The number of aliphatic hydroxyl groups is 1. The van der Waals surface area contributed by atoms with Gasteiger partial charge >= 0.3 is 6.61 Å². The van der Waals surface area contributed by atoms with E-state index in [0.717, 1.165) is 0 Å². The zero-order valence-electron chi connectivity index (χ0n) is 8.64. The Morgan fingerprint density at radius 3 is 2.82 bits per heavy atom. The predicted molar refractivity (Wildman–Crippen MR) is 54.5 cm³/mol. The van der Waals surface area contributed by atoms with Gasteiger partial charge < -0.3 is 14.4 Å². The smallest absolute Gasteiger partial charge is 0.387 e. The van der Waals surface area contributed by atoms with Crippen LogP contribution in [0, 0.1) is 0 Å². The van der Waals surface area contributed by atoms with Crippen LogP contribution in [0.5, 0.6) is 5.75 Å². The number of ether oxygens (including phenoxy) is 1. The molecule has 0 amide bonds. The SMILES string of the molecule is OCc1cc(-c2cccc(OC(F)F)c2)on1. The Labute approximate surface area is 95.4 Å². The maximum atomic E-state index is 12.0. The first-order valence-electron chi connectivity index (χ1n) is 4.81. The molecular formula is C11H9F2NO3. The van der Waals surface area contributed by atoms with Gasteiger partial charge in [-0.15, -0.1) is 0 Å². The van der Waals surface area contributed by atoms with Crippen molar-refractivity contribution in [1.29, 1.82) is 0 Å². The maximum Gasteiger partial charge on any atom is 0.387 e. The lowest BCUT2D eigenvalue weighted by atomic mass is 10.1. The van der Waals surface area contributed by atoms with E-state index in [9.17, 15) is 8.78 Å². The number of aliphatic hydroxyl groups excluding tert-OH is 1. The molecule has 0 bridgehead atoms. The van der Waals surface area contributed by atoms with Crippen LogP contribution < -0.4 is 4.74 Å². The zero-order valence-corrected chi connectivity index (χ0v) is 8.64. The second-order valence-electron chi connectivity index (χ2n) is 3.25. The van der Waals surface area contributed by atoms with Crippen LogP contribution in [0.3, 0.4) is 0 Å². The van der Waals surface area contributed by atoms with Crippen LogP contribution in [0.1, 0.15) is 5.69 Å². The summed E-state index contributed by atoms with van der Waals surface area (Å²) in [5.74, 6) is 0.424. The fraction of sp³-hybridized carbons (Fsp3) is 0.182. The largest absolute Gasteiger partial charge is 0.435 e. The van der Waals surface area contributed by atoms with E-state index in [1.807, 2.05) is 0 Å². The number of hydrogen-bond acceptors (Lipinski definition) is 4. The topological polar surface area (TPSA) is 55.5 Å². The molecule has 2 rings (SSSR count). The number of benzene rings is 1. The molecule has 1 heterocycles. The first-order chi connectivity index (χ1) is 8.19. The van der Waals surface area contributed by atoms with E-state index in [1.165, 1.54) is 18.2 Å². The molecule has 17 heavy (non-hydrogen) atoms. The minimum atomic E-state index is -2.87. The third-order valence-corrected chi connectivity index (χ3v) is 2.06. The molecule has 0 saturated heterocycles. The fourth-order valence-electron chi connectivity index (χ4n) is 1.35. The Morgan fingerprint density at radius 1 is 1.35 bits per heavy atom. The number of rotatable bonds is 4. The lowest BCUT2D eigenvalue weighted by Crippen LogP contribution is -2.01. The minimum absolute atomic E-state index is 0.0412. The van der Waals surface area contributed by atoms with Gasteiger partial charge in [-0.3, -0.25) is 0 Å². The summed E-state index contributed by atoms with van der Waals surface area (Å²) in [6, 6.07) is 7.59. The van der Waals surface area contributed by atoms with Gasteiger partial charge in [0.15, 0.2) is 5.76 Å². The highest BCUT2D eigenvalue weighted by atomic mass is 19.3. The van der Waals surface area contributed by atoms with E-state index >= 15 is 0 Å². The molecule has 0 radical (unpaired) electrons. The van der Waals surface area contributed by atoms with Crippen molar-refractivity contribution in [1.82, 2.24) is 5.16 Å². The third-order valence-electron chi connectivity index (χ3n) is 2.06. The minimum Gasteiger partial charge on any atom is -0.435 e. The van der Waals surface area contributed by atoms with Gasteiger partial charge in [0.05, 0.1) is 6.61 Å². The molecule has 0 fully saturated rings. The molecule has 0 aliphatic carbocycles. The summed E-state index contributed by atoms with van der Waals surface area (Å²) in [6.07, 6.45) is 0. The molecule has 1 aromatic heterocycles. The molecule has 90 valence electrons. The highest BCUT2D eigenvalue weighted by Crippen LogP contribution is 2.25. The lowest BCUT2D eigenvalue weighted by molar-refractivity contribution is -0.0498. The Hall–Kier alpha value is -1.95. The van der Waals surface area contributed by atoms with Crippen LogP contribution >= 0.6 is 0 Å². The molecular weight excluding hydrogens is 232 g/mol. The third kappa shape index (κ3) is 2.79. The summed E-state index contributed by atoms with van der Waals surface area (Å²) in [5.41, 5.74) is 0.926. The van der Waals surface area contributed by atoms with Crippen LogP contribution in [0.4, 0.5) is 8.78 Å². The van der Waals surface area contributed by atoms with Gasteiger partial charge in [0.2, 0.25) is 0 Å². The molecule has 1 aromatic carbocycles. The van der Waals surface area contributed by atoms with E-state index in [1.54, 1.807) is 12.1 Å². The van der Waals surface area contributed by atoms with E-state index in [0.29, 0.717) is 17.0 Å². The van der Waals surface area contributed by atoms with Crippen LogP contribution in [0.15, 0.2) is 34.9 Å². The quantitative estimate of drug-likeness (QED) is 0.893. The van der Waals surface area contributed by atoms with Crippen molar-refractivity contribution in [3.63, 3.8) is 0 Å². The zero-order chi connectivity index (χ0) is 12.3. The molecule has 2 aromatic rings. The van der Waals surface area contributed by atoms with Crippen LogP contribution in [-0.4, -0.2) is 16.9 Å². The van der Waals surface area contributed by atoms with Crippen molar-refractivity contribution in [3.05, 3.63) is 36.0 Å². The second kappa shape index (κ2) is 4.92. The molecule has 0 saturated carbocycles. The summed E-state index contributed by atoms with van der Waals surface area (Å²) >= 11 is 0. The maximum absolute atomic E-state index is 12.0. The number of hydrogen-bond donors (Lipinski definition) is 1.